The average Bonchev–Trinajstić information content (AvgIpc) is 2.81. The van der Waals surface area contributed by atoms with Crippen LogP contribution in [0.3, 0.4) is 0 Å². The molecule has 1 aromatic carbocycles. The highest BCUT2D eigenvalue weighted by Gasteiger charge is 2.21. The number of carbonyl (C=O) groups excluding carboxylic acids is 1. The molecule has 0 bridgehead atoms. The van der Waals surface area contributed by atoms with E-state index >= 15 is 0 Å². The molecular formula is C17H22N4O3. The predicted octanol–water partition coefficient (Wildman–Crippen LogP) is 0.773. The van der Waals surface area contributed by atoms with Crippen molar-refractivity contribution >= 4 is 16.9 Å². The third-order valence-electron chi connectivity index (χ3n) is 4.52. The van der Waals surface area contributed by atoms with Gasteiger partial charge >= 0.3 is 11.1 Å². The summed E-state index contributed by atoms with van der Waals surface area (Å²) in [6, 6.07) is 5.44. The Morgan fingerprint density at radius 1 is 1.00 bits per heavy atom. The Hall–Kier alpha value is -2.41. The summed E-state index contributed by atoms with van der Waals surface area (Å²) in [7, 11) is 0. The zero-order valence-electron chi connectivity index (χ0n) is 14.0. The van der Waals surface area contributed by atoms with Crippen molar-refractivity contribution in [3.63, 3.8) is 0 Å². The summed E-state index contributed by atoms with van der Waals surface area (Å²) in [4.78, 5) is 44.8. The van der Waals surface area contributed by atoms with E-state index in [1.807, 2.05) is 4.90 Å². The number of nitrogens with zero attached hydrogens (tertiary/aromatic N) is 2. The van der Waals surface area contributed by atoms with E-state index in [0.717, 1.165) is 26.1 Å². The highest BCUT2D eigenvalue weighted by Crippen LogP contribution is 2.14. The SMILES string of the molecule is CC(C)N1CCCN(C(=O)c2ccc3[nH]c(=O)c(=O)[nH]c3c2)CC1. The van der Waals surface area contributed by atoms with E-state index in [1.165, 1.54) is 0 Å². The number of nitrogens with one attached hydrogen (secondary N) is 2. The Labute approximate surface area is 139 Å². The molecule has 0 atom stereocenters. The van der Waals surface area contributed by atoms with Crippen LogP contribution in [0.15, 0.2) is 27.8 Å². The van der Waals surface area contributed by atoms with E-state index in [9.17, 15) is 14.4 Å². The van der Waals surface area contributed by atoms with Gasteiger partial charge in [0.05, 0.1) is 11.0 Å². The summed E-state index contributed by atoms with van der Waals surface area (Å²) in [6.07, 6.45) is 0.946. The molecule has 1 amide bonds. The first-order valence-electron chi connectivity index (χ1n) is 8.25. The van der Waals surface area contributed by atoms with Gasteiger partial charge in [-0.05, 0) is 38.5 Å². The van der Waals surface area contributed by atoms with Crippen LogP contribution in [-0.4, -0.2) is 57.9 Å². The second kappa shape index (κ2) is 6.60. The minimum Gasteiger partial charge on any atom is -0.337 e. The first-order valence-corrected chi connectivity index (χ1v) is 8.25. The Bertz CT molecular complexity index is 868. The number of carbonyl (C=O) groups is 1. The molecule has 24 heavy (non-hydrogen) atoms. The van der Waals surface area contributed by atoms with Crippen LogP contribution in [0, 0.1) is 0 Å². The number of benzene rings is 1. The monoisotopic (exact) mass is 330 g/mol. The number of aromatic nitrogens is 2. The smallest absolute Gasteiger partial charge is 0.314 e. The molecule has 7 heteroatoms. The minimum absolute atomic E-state index is 0.0467. The normalized spacial score (nSPS) is 16.5. The number of fused-ring (bicyclic) bond motifs is 1. The molecular weight excluding hydrogens is 308 g/mol. The lowest BCUT2D eigenvalue weighted by Crippen LogP contribution is -2.37. The number of aromatic amines is 2. The maximum absolute atomic E-state index is 12.8. The summed E-state index contributed by atoms with van der Waals surface area (Å²) < 4.78 is 0. The van der Waals surface area contributed by atoms with Crippen LogP contribution in [0.4, 0.5) is 0 Å². The molecule has 1 aromatic heterocycles. The lowest BCUT2D eigenvalue weighted by atomic mass is 10.1. The molecule has 0 unspecified atom stereocenters. The van der Waals surface area contributed by atoms with Crippen molar-refractivity contribution in [2.45, 2.75) is 26.3 Å². The third kappa shape index (κ3) is 3.26. The van der Waals surface area contributed by atoms with Gasteiger partial charge in [0.1, 0.15) is 0 Å². The molecule has 2 heterocycles. The summed E-state index contributed by atoms with van der Waals surface area (Å²) >= 11 is 0. The summed E-state index contributed by atoms with van der Waals surface area (Å²) in [6.45, 7) is 7.60. The van der Waals surface area contributed by atoms with E-state index in [4.69, 9.17) is 0 Å². The van der Waals surface area contributed by atoms with Crippen LogP contribution in [0.1, 0.15) is 30.6 Å². The number of rotatable bonds is 2. The van der Waals surface area contributed by atoms with Crippen molar-refractivity contribution in [3.8, 4) is 0 Å². The molecule has 0 saturated carbocycles. The van der Waals surface area contributed by atoms with Gasteiger partial charge in [0.25, 0.3) is 5.91 Å². The minimum atomic E-state index is -0.713. The zero-order chi connectivity index (χ0) is 17.3. The maximum Gasteiger partial charge on any atom is 0.314 e. The molecule has 0 spiro atoms. The van der Waals surface area contributed by atoms with E-state index in [0.29, 0.717) is 29.2 Å². The predicted molar refractivity (Wildman–Crippen MR) is 92.4 cm³/mol. The molecule has 1 aliphatic rings. The molecule has 7 nitrogen and oxygen atoms in total. The maximum atomic E-state index is 12.8. The first-order chi connectivity index (χ1) is 11.5. The van der Waals surface area contributed by atoms with Crippen molar-refractivity contribution < 1.29 is 4.79 Å². The van der Waals surface area contributed by atoms with Crippen LogP contribution in [0.25, 0.3) is 11.0 Å². The van der Waals surface area contributed by atoms with Gasteiger partial charge in [0, 0.05) is 37.8 Å². The molecule has 0 aliphatic carbocycles. The number of hydrogen-bond donors (Lipinski definition) is 2. The lowest BCUT2D eigenvalue weighted by molar-refractivity contribution is 0.0759. The molecule has 2 aromatic rings. The van der Waals surface area contributed by atoms with Gasteiger partial charge in [-0.1, -0.05) is 0 Å². The largest absolute Gasteiger partial charge is 0.337 e. The standard InChI is InChI=1S/C17H22N4O3/c1-11(2)20-6-3-7-21(9-8-20)17(24)12-4-5-13-14(10-12)19-16(23)15(22)18-13/h4-5,10-11H,3,6-9H2,1-2H3,(H,18,22)(H,19,23). The Balaban J connectivity index is 1.84. The molecule has 1 saturated heterocycles. The number of hydrogen-bond acceptors (Lipinski definition) is 4. The van der Waals surface area contributed by atoms with Gasteiger partial charge in [-0.2, -0.15) is 0 Å². The van der Waals surface area contributed by atoms with Crippen molar-refractivity contribution in [2.24, 2.45) is 0 Å². The molecule has 1 fully saturated rings. The number of H-pyrrole nitrogens is 2. The van der Waals surface area contributed by atoms with E-state index in [1.54, 1.807) is 18.2 Å². The number of amides is 1. The average molecular weight is 330 g/mol. The van der Waals surface area contributed by atoms with Crippen LogP contribution < -0.4 is 11.1 Å². The Morgan fingerprint density at radius 3 is 2.42 bits per heavy atom. The Kier molecular flexibility index (Phi) is 4.53. The van der Waals surface area contributed by atoms with Crippen LogP contribution in [0.5, 0.6) is 0 Å². The van der Waals surface area contributed by atoms with Gasteiger partial charge in [-0.3, -0.25) is 19.3 Å². The third-order valence-corrected chi connectivity index (χ3v) is 4.52. The quantitative estimate of drug-likeness (QED) is 0.796. The molecule has 128 valence electrons. The summed E-state index contributed by atoms with van der Waals surface area (Å²) in [5, 5.41) is 0. The highest BCUT2D eigenvalue weighted by molar-refractivity contribution is 5.97. The van der Waals surface area contributed by atoms with Gasteiger partial charge in [0.15, 0.2) is 0 Å². The van der Waals surface area contributed by atoms with Crippen molar-refractivity contribution in [3.05, 3.63) is 44.5 Å². The van der Waals surface area contributed by atoms with Gasteiger partial charge < -0.3 is 14.9 Å². The fourth-order valence-electron chi connectivity index (χ4n) is 3.09. The van der Waals surface area contributed by atoms with Gasteiger partial charge in [-0.15, -0.1) is 0 Å². The summed E-state index contributed by atoms with van der Waals surface area (Å²) in [5.74, 6) is -0.0467. The van der Waals surface area contributed by atoms with Crippen molar-refractivity contribution in [1.82, 2.24) is 19.8 Å². The molecule has 1 aliphatic heterocycles. The topological polar surface area (TPSA) is 89.3 Å². The lowest BCUT2D eigenvalue weighted by Gasteiger charge is -2.25. The fourth-order valence-corrected chi connectivity index (χ4v) is 3.09. The first kappa shape index (κ1) is 16.4. The second-order valence-corrected chi connectivity index (χ2v) is 6.44. The van der Waals surface area contributed by atoms with Crippen LogP contribution in [-0.2, 0) is 0 Å². The molecule has 2 N–H and O–H groups in total. The zero-order valence-corrected chi connectivity index (χ0v) is 14.0. The Morgan fingerprint density at radius 2 is 1.71 bits per heavy atom. The van der Waals surface area contributed by atoms with E-state index in [-0.39, 0.29) is 5.91 Å². The van der Waals surface area contributed by atoms with Crippen LogP contribution in [0.2, 0.25) is 0 Å². The summed E-state index contributed by atoms with van der Waals surface area (Å²) in [5.41, 5.74) is 0.0857. The van der Waals surface area contributed by atoms with Crippen LogP contribution >= 0.6 is 0 Å². The van der Waals surface area contributed by atoms with Gasteiger partial charge in [-0.25, -0.2) is 0 Å². The second-order valence-electron chi connectivity index (χ2n) is 6.44. The van der Waals surface area contributed by atoms with E-state index in [2.05, 4.69) is 28.7 Å². The van der Waals surface area contributed by atoms with Gasteiger partial charge in [0.2, 0.25) is 0 Å². The van der Waals surface area contributed by atoms with Crippen molar-refractivity contribution in [1.29, 1.82) is 0 Å². The highest BCUT2D eigenvalue weighted by atomic mass is 16.2. The molecule has 0 radical (unpaired) electrons. The van der Waals surface area contributed by atoms with E-state index < -0.39 is 11.1 Å². The fraction of sp³-hybridized carbons (Fsp3) is 0.471. The van der Waals surface area contributed by atoms with Crippen molar-refractivity contribution in [2.75, 3.05) is 26.2 Å². The molecule has 3 rings (SSSR count).